The summed E-state index contributed by atoms with van der Waals surface area (Å²) < 4.78 is 20.6. The third-order valence-corrected chi connectivity index (χ3v) is 6.02. The lowest BCUT2D eigenvalue weighted by Gasteiger charge is -2.29. The predicted molar refractivity (Wildman–Crippen MR) is 134 cm³/mol. The second-order valence-electron chi connectivity index (χ2n) is 8.95. The van der Waals surface area contributed by atoms with Crippen LogP contribution in [0.3, 0.4) is 0 Å². The molecule has 180 valence electrons. The van der Waals surface area contributed by atoms with E-state index < -0.39 is 0 Å². The second-order valence-corrected chi connectivity index (χ2v) is 8.95. The van der Waals surface area contributed by atoms with E-state index in [1.807, 2.05) is 81.7 Å². The van der Waals surface area contributed by atoms with E-state index in [1.54, 1.807) is 0 Å². The van der Waals surface area contributed by atoms with Crippen LogP contribution in [-0.4, -0.2) is 43.0 Å². The van der Waals surface area contributed by atoms with E-state index in [-0.39, 0.29) is 11.7 Å². The first-order valence-electron chi connectivity index (χ1n) is 12.0. The van der Waals surface area contributed by atoms with Crippen LogP contribution in [0.1, 0.15) is 30.4 Å². The van der Waals surface area contributed by atoms with Crippen LogP contribution in [0.4, 0.5) is 0 Å². The molecule has 1 aliphatic rings. The van der Waals surface area contributed by atoms with Gasteiger partial charge in [-0.3, -0.25) is 4.79 Å². The molecule has 0 amide bonds. The van der Waals surface area contributed by atoms with E-state index in [1.165, 1.54) is 0 Å². The molecule has 1 atom stereocenters. The number of benzene rings is 2. The highest BCUT2D eigenvalue weighted by molar-refractivity contribution is 5.69. The fourth-order valence-corrected chi connectivity index (χ4v) is 4.14. The van der Waals surface area contributed by atoms with Gasteiger partial charge in [0.2, 0.25) is 17.6 Å². The van der Waals surface area contributed by atoms with E-state index in [2.05, 4.69) is 9.47 Å². The number of hydrogen-bond acceptors (Lipinski definition) is 5. The third-order valence-electron chi connectivity index (χ3n) is 6.02. The van der Waals surface area contributed by atoms with Crippen molar-refractivity contribution in [2.45, 2.75) is 45.6 Å². The number of rotatable bonds is 9. The van der Waals surface area contributed by atoms with E-state index in [4.69, 9.17) is 14.2 Å². The Morgan fingerprint density at radius 2 is 1.74 bits per heavy atom. The van der Waals surface area contributed by atoms with Gasteiger partial charge in [0.05, 0.1) is 17.9 Å². The standard InChI is InChI=1S/C28H34N2O4/c1-21-26(31)27(33-20-22-12-6-4-7-13-22)25(23-14-8-5-9-15-23)30(18-17-29(2)3)28(21)34-24-16-10-11-19-32-24/h4-9,12-15,24H,10-11,16-20H2,1-3H3. The van der Waals surface area contributed by atoms with E-state index >= 15 is 0 Å². The maximum absolute atomic E-state index is 13.7. The molecule has 1 aliphatic heterocycles. The van der Waals surface area contributed by atoms with Crippen molar-refractivity contribution in [3.8, 4) is 22.9 Å². The summed E-state index contributed by atoms with van der Waals surface area (Å²) >= 11 is 0. The molecule has 0 spiro atoms. The molecule has 1 unspecified atom stereocenters. The first kappa shape index (κ1) is 24.0. The van der Waals surface area contributed by atoms with Gasteiger partial charge in [0.25, 0.3) is 0 Å². The van der Waals surface area contributed by atoms with Gasteiger partial charge in [0.15, 0.2) is 5.75 Å². The summed E-state index contributed by atoms with van der Waals surface area (Å²) in [5, 5.41) is 0. The van der Waals surface area contributed by atoms with Crippen molar-refractivity contribution in [2.75, 3.05) is 27.2 Å². The molecular weight excluding hydrogens is 428 g/mol. The highest BCUT2D eigenvalue weighted by Gasteiger charge is 2.26. The van der Waals surface area contributed by atoms with Crippen molar-refractivity contribution in [3.63, 3.8) is 0 Å². The van der Waals surface area contributed by atoms with Crippen LogP contribution in [0, 0.1) is 6.92 Å². The normalized spacial score (nSPS) is 15.9. The summed E-state index contributed by atoms with van der Waals surface area (Å²) in [4.78, 5) is 15.8. The van der Waals surface area contributed by atoms with Crippen molar-refractivity contribution >= 4 is 0 Å². The zero-order valence-corrected chi connectivity index (χ0v) is 20.3. The highest BCUT2D eigenvalue weighted by atomic mass is 16.7. The smallest absolute Gasteiger partial charge is 0.230 e. The third kappa shape index (κ3) is 5.69. The Morgan fingerprint density at radius 3 is 2.38 bits per heavy atom. The number of hydrogen-bond donors (Lipinski definition) is 0. The van der Waals surface area contributed by atoms with Crippen molar-refractivity contribution in [3.05, 3.63) is 82.0 Å². The van der Waals surface area contributed by atoms with Gasteiger partial charge in [-0.25, -0.2) is 0 Å². The van der Waals surface area contributed by atoms with Crippen LogP contribution in [0.2, 0.25) is 0 Å². The minimum absolute atomic E-state index is 0.151. The molecule has 0 radical (unpaired) electrons. The fraction of sp³-hybridized carbons (Fsp3) is 0.393. The van der Waals surface area contributed by atoms with Gasteiger partial charge in [-0.15, -0.1) is 0 Å². The lowest BCUT2D eigenvalue weighted by atomic mass is 10.1. The first-order chi connectivity index (χ1) is 16.5. The summed E-state index contributed by atoms with van der Waals surface area (Å²) in [6, 6.07) is 19.8. The van der Waals surface area contributed by atoms with Crippen LogP contribution < -0.4 is 14.9 Å². The van der Waals surface area contributed by atoms with Gasteiger partial charge in [-0.05, 0) is 39.4 Å². The Hall–Kier alpha value is -3.09. The van der Waals surface area contributed by atoms with Crippen molar-refractivity contribution in [1.82, 2.24) is 9.47 Å². The molecule has 1 saturated heterocycles. The first-order valence-corrected chi connectivity index (χ1v) is 12.0. The van der Waals surface area contributed by atoms with Gasteiger partial charge in [-0.1, -0.05) is 60.7 Å². The predicted octanol–water partition coefficient (Wildman–Crippen LogP) is 4.87. The van der Waals surface area contributed by atoms with Crippen LogP contribution in [0.25, 0.3) is 11.3 Å². The van der Waals surface area contributed by atoms with E-state index in [9.17, 15) is 4.79 Å². The van der Waals surface area contributed by atoms with Crippen molar-refractivity contribution in [2.24, 2.45) is 0 Å². The molecule has 6 heteroatoms. The van der Waals surface area contributed by atoms with Gasteiger partial charge in [0.1, 0.15) is 6.61 Å². The lowest BCUT2D eigenvalue weighted by molar-refractivity contribution is -0.109. The number of aromatic nitrogens is 1. The van der Waals surface area contributed by atoms with Gasteiger partial charge >= 0.3 is 0 Å². The molecule has 4 rings (SSSR count). The Labute approximate surface area is 201 Å². The molecule has 34 heavy (non-hydrogen) atoms. The molecule has 3 aromatic rings. The van der Waals surface area contributed by atoms with Crippen LogP contribution in [0.5, 0.6) is 11.6 Å². The van der Waals surface area contributed by atoms with Crippen molar-refractivity contribution in [1.29, 1.82) is 0 Å². The molecule has 6 nitrogen and oxygen atoms in total. The Bertz CT molecular complexity index is 1120. The second kappa shape index (κ2) is 11.4. The average molecular weight is 463 g/mol. The number of pyridine rings is 1. The Balaban J connectivity index is 1.84. The Kier molecular flexibility index (Phi) is 8.03. The molecule has 0 aliphatic carbocycles. The van der Waals surface area contributed by atoms with Gasteiger partial charge in [0, 0.05) is 25.1 Å². The number of ether oxygens (including phenoxy) is 3. The van der Waals surface area contributed by atoms with Gasteiger partial charge in [-0.2, -0.15) is 0 Å². The van der Waals surface area contributed by atoms with E-state index in [0.717, 1.165) is 42.6 Å². The van der Waals surface area contributed by atoms with Crippen LogP contribution in [0.15, 0.2) is 65.5 Å². The topological polar surface area (TPSA) is 52.9 Å². The molecular formula is C28H34N2O4. The number of likely N-dealkylation sites (N-methyl/N-ethyl adjacent to an activating group) is 1. The molecule has 1 aromatic heterocycles. The van der Waals surface area contributed by atoms with E-state index in [0.29, 0.717) is 37.0 Å². The van der Waals surface area contributed by atoms with Crippen LogP contribution >= 0.6 is 0 Å². The fourth-order valence-electron chi connectivity index (χ4n) is 4.14. The maximum Gasteiger partial charge on any atom is 0.230 e. The zero-order chi connectivity index (χ0) is 23.9. The summed E-state index contributed by atoms with van der Waals surface area (Å²) in [5.41, 5.74) is 3.04. The van der Waals surface area contributed by atoms with Crippen LogP contribution in [-0.2, 0) is 17.9 Å². The average Bonchev–Trinajstić information content (AvgIpc) is 2.87. The molecule has 0 saturated carbocycles. The largest absolute Gasteiger partial charge is 0.483 e. The monoisotopic (exact) mass is 462 g/mol. The summed E-state index contributed by atoms with van der Waals surface area (Å²) in [6.45, 7) is 4.23. The zero-order valence-electron chi connectivity index (χ0n) is 20.3. The molecule has 0 bridgehead atoms. The molecule has 2 aromatic carbocycles. The summed E-state index contributed by atoms with van der Waals surface area (Å²) in [7, 11) is 4.07. The van der Waals surface area contributed by atoms with Gasteiger partial charge < -0.3 is 23.7 Å². The SMILES string of the molecule is Cc1c(OC2CCCCO2)n(CCN(C)C)c(-c2ccccc2)c(OCc2ccccc2)c1=O. The summed E-state index contributed by atoms with van der Waals surface area (Å²) in [5.74, 6) is 0.910. The molecule has 1 fully saturated rings. The maximum atomic E-state index is 13.7. The highest BCUT2D eigenvalue weighted by Crippen LogP contribution is 2.34. The van der Waals surface area contributed by atoms with Crippen molar-refractivity contribution < 1.29 is 14.2 Å². The summed E-state index contributed by atoms with van der Waals surface area (Å²) in [6.07, 6.45) is 2.55. The quantitative estimate of drug-likeness (QED) is 0.454. The minimum Gasteiger partial charge on any atom is -0.483 e. The number of nitrogens with zero attached hydrogens (tertiary/aromatic N) is 2. The minimum atomic E-state index is -0.350. The molecule has 0 N–H and O–H groups in total. The lowest BCUT2D eigenvalue weighted by Crippen LogP contribution is -2.30. The Morgan fingerprint density at radius 1 is 1.03 bits per heavy atom. The molecule has 2 heterocycles.